The van der Waals surface area contributed by atoms with Crippen LogP contribution in [0.2, 0.25) is 0 Å². The van der Waals surface area contributed by atoms with Gasteiger partial charge in [0.15, 0.2) is 0 Å². The molecule has 2 aromatic carbocycles. The highest BCUT2D eigenvalue weighted by Crippen LogP contribution is 2.30. The highest BCUT2D eigenvalue weighted by atomic mass is 19.1. The van der Waals surface area contributed by atoms with Gasteiger partial charge in [0.2, 0.25) is 0 Å². The molecule has 0 spiro atoms. The molecule has 2 heterocycles. The molecule has 7 nitrogen and oxygen atoms in total. The Morgan fingerprint density at radius 2 is 1.75 bits per heavy atom. The Morgan fingerprint density at radius 1 is 1.03 bits per heavy atom. The van der Waals surface area contributed by atoms with E-state index in [-0.39, 0.29) is 5.82 Å². The smallest absolute Gasteiger partial charge is 0.137 e. The molecule has 8 heteroatoms. The summed E-state index contributed by atoms with van der Waals surface area (Å²) in [5, 5.41) is 14.9. The van der Waals surface area contributed by atoms with E-state index in [1.54, 1.807) is 25.3 Å². The van der Waals surface area contributed by atoms with Crippen LogP contribution in [0.15, 0.2) is 42.5 Å². The van der Waals surface area contributed by atoms with E-state index in [9.17, 15) is 9.50 Å². The number of anilines is 1. The molecule has 0 atom stereocenters. The third-order valence-corrected chi connectivity index (χ3v) is 7.01. The summed E-state index contributed by atoms with van der Waals surface area (Å²) < 4.78 is 21.1. The number of ether oxygens (including phenoxy) is 1. The molecule has 0 aliphatic carbocycles. The van der Waals surface area contributed by atoms with Gasteiger partial charge in [0.25, 0.3) is 0 Å². The van der Waals surface area contributed by atoms with Gasteiger partial charge >= 0.3 is 0 Å². The molecule has 1 aliphatic heterocycles. The lowest BCUT2D eigenvalue weighted by molar-refractivity contribution is 0.140. The number of aromatic nitrogens is 2. The van der Waals surface area contributed by atoms with Gasteiger partial charge in [-0.1, -0.05) is 19.1 Å². The van der Waals surface area contributed by atoms with Crippen LogP contribution in [0.25, 0.3) is 5.69 Å². The van der Waals surface area contributed by atoms with Gasteiger partial charge in [-0.25, -0.2) is 9.07 Å². The van der Waals surface area contributed by atoms with Crippen LogP contribution in [-0.2, 0) is 17.8 Å². The van der Waals surface area contributed by atoms with Gasteiger partial charge in [0, 0.05) is 58.5 Å². The molecular formula is C28H38FN5O2. The monoisotopic (exact) mass is 495 g/mol. The third kappa shape index (κ3) is 6.06. The first-order valence-electron chi connectivity index (χ1n) is 12.7. The minimum atomic E-state index is -0.254. The van der Waals surface area contributed by atoms with Crippen molar-refractivity contribution in [3.63, 3.8) is 0 Å². The van der Waals surface area contributed by atoms with E-state index in [1.165, 1.54) is 17.7 Å². The number of piperazine rings is 1. The third-order valence-electron chi connectivity index (χ3n) is 7.01. The number of aromatic hydroxyl groups is 1. The molecule has 3 aromatic rings. The van der Waals surface area contributed by atoms with Crippen molar-refractivity contribution in [1.82, 2.24) is 19.6 Å². The van der Waals surface area contributed by atoms with Crippen molar-refractivity contribution in [2.45, 2.75) is 33.9 Å². The Balaban J connectivity index is 1.69. The van der Waals surface area contributed by atoms with Gasteiger partial charge in [-0.3, -0.25) is 4.90 Å². The largest absolute Gasteiger partial charge is 0.508 e. The molecule has 0 unspecified atom stereocenters. The van der Waals surface area contributed by atoms with Gasteiger partial charge in [0.1, 0.15) is 17.4 Å². The summed E-state index contributed by atoms with van der Waals surface area (Å²) in [5.74, 6) is 1.14. The summed E-state index contributed by atoms with van der Waals surface area (Å²) in [7, 11) is 1.72. The molecule has 36 heavy (non-hydrogen) atoms. The summed E-state index contributed by atoms with van der Waals surface area (Å²) in [6, 6.07) is 12.3. The molecule has 194 valence electrons. The molecule has 0 saturated carbocycles. The van der Waals surface area contributed by atoms with Crippen LogP contribution >= 0.6 is 0 Å². The second kappa shape index (κ2) is 11.9. The molecule has 0 amide bonds. The summed E-state index contributed by atoms with van der Waals surface area (Å²) in [6.45, 7) is 13.9. The Hall–Kier alpha value is -2.94. The Kier molecular flexibility index (Phi) is 8.61. The zero-order valence-electron chi connectivity index (χ0n) is 21.9. The number of hydrogen-bond donors (Lipinski definition) is 1. The molecule has 4 rings (SSSR count). The van der Waals surface area contributed by atoms with Gasteiger partial charge in [-0.05, 0) is 61.9 Å². The van der Waals surface area contributed by atoms with Crippen molar-refractivity contribution in [2.75, 3.05) is 57.9 Å². The Bertz CT molecular complexity index is 1140. The normalized spacial score (nSPS) is 14.7. The number of phenolic OH excluding ortho intramolecular Hbond substituents is 1. The van der Waals surface area contributed by atoms with E-state index >= 15 is 0 Å². The predicted octanol–water partition coefficient (Wildman–Crippen LogP) is 4.12. The van der Waals surface area contributed by atoms with Crippen molar-refractivity contribution in [3.8, 4) is 11.4 Å². The lowest BCUT2D eigenvalue weighted by atomic mass is 10.1. The number of halogens is 1. The summed E-state index contributed by atoms with van der Waals surface area (Å²) in [5.41, 5.74) is 5.01. The Labute approximate surface area is 213 Å². The second-order valence-electron chi connectivity index (χ2n) is 9.52. The van der Waals surface area contributed by atoms with Crippen LogP contribution in [0, 0.1) is 19.7 Å². The molecule has 1 N–H and O–H groups in total. The fraction of sp³-hybridized carbons (Fsp3) is 0.464. The average molecular weight is 496 g/mol. The van der Waals surface area contributed by atoms with Crippen molar-refractivity contribution in [3.05, 3.63) is 70.7 Å². The highest BCUT2D eigenvalue weighted by Gasteiger charge is 2.26. The van der Waals surface area contributed by atoms with E-state index in [0.29, 0.717) is 18.9 Å². The average Bonchev–Trinajstić information content (AvgIpc) is 3.20. The predicted molar refractivity (Wildman–Crippen MR) is 141 cm³/mol. The van der Waals surface area contributed by atoms with Gasteiger partial charge in [-0.2, -0.15) is 5.10 Å². The maximum Gasteiger partial charge on any atom is 0.137 e. The molecular weight excluding hydrogens is 457 g/mol. The van der Waals surface area contributed by atoms with Crippen molar-refractivity contribution < 1.29 is 14.2 Å². The SMILES string of the molecule is CCN1CCN(c2c(CN(CCOC)Cc3ccc(O)c(C)c3)c(C)nn2-c2ccc(F)cc2)CC1. The maximum atomic E-state index is 13.7. The minimum Gasteiger partial charge on any atom is -0.508 e. The van der Waals surface area contributed by atoms with Crippen LogP contribution in [0.3, 0.4) is 0 Å². The standard InChI is InChI=1S/C28H38FN5O2/c1-5-31-12-14-33(15-13-31)28-26(22(3)30-34(28)25-9-7-24(29)8-10-25)20-32(16-17-36-4)19-23-6-11-27(35)21(2)18-23/h6-11,18,35H,5,12-17,19-20H2,1-4H3. The highest BCUT2D eigenvalue weighted by molar-refractivity contribution is 5.56. The van der Waals surface area contributed by atoms with Crippen LogP contribution in [0.5, 0.6) is 5.75 Å². The zero-order valence-corrected chi connectivity index (χ0v) is 21.9. The quantitative estimate of drug-likeness (QED) is 0.457. The van der Waals surface area contributed by atoms with E-state index < -0.39 is 0 Å². The fourth-order valence-electron chi connectivity index (χ4n) is 4.83. The van der Waals surface area contributed by atoms with E-state index in [2.05, 4.69) is 28.5 Å². The molecule has 0 radical (unpaired) electrons. The first-order chi connectivity index (χ1) is 17.4. The number of methoxy groups -OCH3 is 1. The minimum absolute atomic E-state index is 0.254. The van der Waals surface area contributed by atoms with E-state index in [4.69, 9.17) is 9.84 Å². The van der Waals surface area contributed by atoms with Gasteiger partial charge in [-0.15, -0.1) is 0 Å². The lowest BCUT2D eigenvalue weighted by Gasteiger charge is -2.36. The maximum absolute atomic E-state index is 13.7. The number of nitrogens with zero attached hydrogens (tertiary/aromatic N) is 5. The first-order valence-corrected chi connectivity index (χ1v) is 12.7. The number of hydrogen-bond acceptors (Lipinski definition) is 6. The van der Waals surface area contributed by atoms with E-state index in [0.717, 1.165) is 74.1 Å². The molecule has 0 bridgehead atoms. The van der Waals surface area contributed by atoms with Crippen LogP contribution in [0.1, 0.15) is 29.3 Å². The number of aryl methyl sites for hydroxylation is 2. The number of rotatable bonds is 10. The van der Waals surface area contributed by atoms with Crippen LogP contribution < -0.4 is 4.90 Å². The topological polar surface area (TPSA) is 57.0 Å². The molecule has 1 saturated heterocycles. The lowest BCUT2D eigenvalue weighted by Crippen LogP contribution is -2.47. The molecule has 1 aromatic heterocycles. The summed E-state index contributed by atoms with van der Waals surface area (Å²) in [6.07, 6.45) is 0. The zero-order chi connectivity index (χ0) is 25.7. The molecule has 1 aliphatic rings. The van der Waals surface area contributed by atoms with Crippen molar-refractivity contribution >= 4 is 5.82 Å². The van der Waals surface area contributed by atoms with Gasteiger partial charge in [0.05, 0.1) is 18.0 Å². The summed E-state index contributed by atoms with van der Waals surface area (Å²) >= 11 is 0. The Morgan fingerprint density at radius 3 is 2.39 bits per heavy atom. The van der Waals surface area contributed by atoms with E-state index in [1.807, 2.05) is 23.7 Å². The number of likely N-dealkylation sites (N-methyl/N-ethyl adjacent to an activating group) is 1. The van der Waals surface area contributed by atoms with Crippen LogP contribution in [0.4, 0.5) is 10.2 Å². The van der Waals surface area contributed by atoms with Crippen LogP contribution in [-0.4, -0.2) is 77.7 Å². The number of phenols is 1. The van der Waals surface area contributed by atoms with Crippen molar-refractivity contribution in [1.29, 1.82) is 0 Å². The summed E-state index contributed by atoms with van der Waals surface area (Å²) in [4.78, 5) is 7.24. The van der Waals surface area contributed by atoms with Gasteiger partial charge < -0.3 is 19.6 Å². The first kappa shape index (κ1) is 26.1. The molecule has 1 fully saturated rings. The second-order valence-corrected chi connectivity index (χ2v) is 9.52. The fourth-order valence-corrected chi connectivity index (χ4v) is 4.83. The van der Waals surface area contributed by atoms with Crippen molar-refractivity contribution in [2.24, 2.45) is 0 Å². The number of benzene rings is 2.